The summed E-state index contributed by atoms with van der Waals surface area (Å²) >= 11 is 0. The molecule has 0 aromatic heterocycles. The highest BCUT2D eigenvalue weighted by Crippen LogP contribution is 2.45. The fraction of sp³-hybridized carbons (Fsp3) is 0.538. The molecule has 6 nitrogen and oxygen atoms in total. The molecule has 7 heteroatoms. The number of nitrogens with zero attached hydrogens (tertiary/aromatic N) is 1. The molecule has 2 aliphatic carbocycles. The van der Waals surface area contributed by atoms with Gasteiger partial charge in [0.25, 0.3) is 5.69 Å². The van der Waals surface area contributed by atoms with Crippen molar-refractivity contribution in [1.82, 2.24) is 4.72 Å². The summed E-state index contributed by atoms with van der Waals surface area (Å²) in [5, 5.41) is 10.9. The second-order valence-electron chi connectivity index (χ2n) is 5.63. The molecule has 2 aliphatic rings. The van der Waals surface area contributed by atoms with Crippen LogP contribution < -0.4 is 4.72 Å². The Bertz CT molecular complexity index is 644. The van der Waals surface area contributed by atoms with Crippen LogP contribution in [0.2, 0.25) is 0 Å². The van der Waals surface area contributed by atoms with E-state index in [9.17, 15) is 18.5 Å². The number of nitro benzene ring substituents is 1. The van der Waals surface area contributed by atoms with Gasteiger partial charge in [-0.25, -0.2) is 13.1 Å². The molecule has 0 unspecified atom stereocenters. The summed E-state index contributed by atoms with van der Waals surface area (Å²) in [6.45, 7) is 0. The van der Waals surface area contributed by atoms with E-state index in [-0.39, 0.29) is 16.6 Å². The largest absolute Gasteiger partial charge is 0.289 e. The molecule has 0 radical (unpaired) electrons. The van der Waals surface area contributed by atoms with Crippen LogP contribution in [0, 0.1) is 22.0 Å². The van der Waals surface area contributed by atoms with E-state index in [0.29, 0.717) is 11.8 Å². The predicted molar refractivity (Wildman–Crippen MR) is 72.7 cm³/mol. The quantitative estimate of drug-likeness (QED) is 0.680. The summed E-state index contributed by atoms with van der Waals surface area (Å²) < 4.78 is 27.4. The van der Waals surface area contributed by atoms with Gasteiger partial charge in [-0.05, 0) is 37.2 Å². The lowest BCUT2D eigenvalue weighted by atomic mass is 9.96. The van der Waals surface area contributed by atoms with Gasteiger partial charge in [-0.3, -0.25) is 10.1 Å². The monoisotopic (exact) mass is 296 g/mol. The number of sulfonamides is 1. The van der Waals surface area contributed by atoms with Crippen molar-refractivity contribution in [2.24, 2.45) is 11.8 Å². The maximum Gasteiger partial charge on any atom is 0.289 e. The molecular formula is C13H16N2O4S. The van der Waals surface area contributed by atoms with Gasteiger partial charge in [-0.15, -0.1) is 0 Å². The van der Waals surface area contributed by atoms with Crippen molar-refractivity contribution in [2.75, 3.05) is 0 Å². The summed E-state index contributed by atoms with van der Waals surface area (Å²) in [6.07, 6.45) is 4.15. The van der Waals surface area contributed by atoms with Crippen LogP contribution in [0.15, 0.2) is 29.2 Å². The minimum Gasteiger partial charge on any atom is -0.258 e. The van der Waals surface area contributed by atoms with Crippen molar-refractivity contribution in [2.45, 2.75) is 36.6 Å². The van der Waals surface area contributed by atoms with Gasteiger partial charge < -0.3 is 0 Å². The molecule has 1 aromatic rings. The molecule has 2 fully saturated rings. The van der Waals surface area contributed by atoms with Crippen molar-refractivity contribution in [3.05, 3.63) is 34.4 Å². The van der Waals surface area contributed by atoms with Crippen molar-refractivity contribution in [3.8, 4) is 0 Å². The molecule has 3 atom stereocenters. The molecule has 0 saturated heterocycles. The number of hydrogen-bond donors (Lipinski definition) is 1. The zero-order chi connectivity index (χ0) is 14.3. The summed E-state index contributed by atoms with van der Waals surface area (Å²) in [6, 6.07) is 5.40. The standard InChI is InChI=1S/C13H16N2O4S/c16-15(17)12-3-1-2-4-13(12)20(18,19)14-11-8-9-5-6-10(11)7-9/h1-4,9-11,14H,5-8H2/t9-,10-,11+/m0/s1. The predicted octanol–water partition coefficient (Wildman–Crippen LogP) is 2.06. The van der Waals surface area contributed by atoms with Crippen LogP contribution in [0.25, 0.3) is 0 Å². The van der Waals surface area contributed by atoms with Crippen molar-refractivity contribution in [1.29, 1.82) is 0 Å². The average molecular weight is 296 g/mol. The Morgan fingerprint density at radius 1 is 1.20 bits per heavy atom. The summed E-state index contributed by atoms with van der Waals surface area (Å²) in [5.41, 5.74) is -0.372. The molecule has 0 amide bonds. The Labute approximate surface area is 117 Å². The molecule has 1 aromatic carbocycles. The third kappa shape index (κ3) is 2.31. The normalized spacial score (nSPS) is 28.7. The molecule has 0 aliphatic heterocycles. The first-order valence-electron chi connectivity index (χ1n) is 6.73. The number of hydrogen-bond acceptors (Lipinski definition) is 4. The molecule has 2 saturated carbocycles. The first-order valence-corrected chi connectivity index (χ1v) is 8.21. The number of nitrogens with one attached hydrogen (secondary N) is 1. The maximum atomic E-state index is 12.4. The summed E-state index contributed by atoms with van der Waals surface area (Å²) in [4.78, 5) is 10.0. The van der Waals surface area contributed by atoms with E-state index in [4.69, 9.17) is 0 Å². The SMILES string of the molecule is O=[N+]([O-])c1ccccc1S(=O)(=O)N[C@@H]1C[C@H]2CC[C@H]1C2. The van der Waals surface area contributed by atoms with Gasteiger partial charge in [-0.2, -0.15) is 0 Å². The van der Waals surface area contributed by atoms with Gasteiger partial charge in [-0.1, -0.05) is 18.6 Å². The first-order chi connectivity index (χ1) is 9.47. The first kappa shape index (κ1) is 13.5. The minimum atomic E-state index is -3.83. The van der Waals surface area contributed by atoms with E-state index in [1.165, 1.54) is 30.7 Å². The summed E-state index contributed by atoms with van der Waals surface area (Å²) in [5.74, 6) is 0.996. The van der Waals surface area contributed by atoms with Crippen LogP contribution in [0.1, 0.15) is 25.7 Å². The topological polar surface area (TPSA) is 89.3 Å². The Hall–Kier alpha value is -1.47. The highest BCUT2D eigenvalue weighted by Gasteiger charge is 2.42. The van der Waals surface area contributed by atoms with Gasteiger partial charge in [0.1, 0.15) is 0 Å². The lowest BCUT2D eigenvalue weighted by Gasteiger charge is -2.22. The van der Waals surface area contributed by atoms with E-state index in [1.54, 1.807) is 0 Å². The highest BCUT2D eigenvalue weighted by atomic mass is 32.2. The summed E-state index contributed by atoms with van der Waals surface area (Å²) in [7, 11) is -3.83. The number of rotatable bonds is 4. The average Bonchev–Trinajstić information content (AvgIpc) is 3.00. The van der Waals surface area contributed by atoms with Crippen LogP contribution in [0.3, 0.4) is 0 Å². The third-order valence-corrected chi connectivity index (χ3v) is 5.93. The second kappa shape index (κ2) is 4.82. The number of fused-ring (bicyclic) bond motifs is 2. The zero-order valence-corrected chi connectivity index (χ0v) is 11.7. The Balaban J connectivity index is 1.87. The van der Waals surface area contributed by atoms with Crippen LogP contribution in [-0.4, -0.2) is 19.4 Å². The van der Waals surface area contributed by atoms with Gasteiger partial charge >= 0.3 is 0 Å². The van der Waals surface area contributed by atoms with Crippen LogP contribution in [-0.2, 0) is 10.0 Å². The van der Waals surface area contributed by atoms with Gasteiger partial charge in [0.15, 0.2) is 4.90 Å². The Morgan fingerprint density at radius 2 is 1.95 bits per heavy atom. The van der Waals surface area contributed by atoms with Crippen LogP contribution in [0.4, 0.5) is 5.69 Å². The fourth-order valence-corrected chi connectivity index (χ4v) is 4.98. The van der Waals surface area contributed by atoms with Crippen LogP contribution in [0.5, 0.6) is 0 Å². The van der Waals surface area contributed by atoms with E-state index in [0.717, 1.165) is 19.3 Å². The van der Waals surface area contributed by atoms with Crippen LogP contribution >= 0.6 is 0 Å². The lowest BCUT2D eigenvalue weighted by Crippen LogP contribution is -2.38. The van der Waals surface area contributed by atoms with Gasteiger partial charge in [0.05, 0.1) is 4.92 Å². The molecule has 3 rings (SSSR count). The highest BCUT2D eigenvalue weighted by molar-refractivity contribution is 7.89. The number of para-hydroxylation sites is 1. The van der Waals surface area contributed by atoms with Crippen molar-refractivity contribution >= 4 is 15.7 Å². The van der Waals surface area contributed by atoms with E-state index < -0.39 is 14.9 Å². The van der Waals surface area contributed by atoms with Crippen molar-refractivity contribution < 1.29 is 13.3 Å². The molecule has 108 valence electrons. The lowest BCUT2D eigenvalue weighted by molar-refractivity contribution is -0.387. The fourth-order valence-electron chi connectivity index (χ4n) is 3.49. The number of benzene rings is 1. The third-order valence-electron chi connectivity index (χ3n) is 4.40. The molecule has 1 N–H and O–H groups in total. The van der Waals surface area contributed by atoms with E-state index in [2.05, 4.69) is 4.72 Å². The molecule has 0 heterocycles. The minimum absolute atomic E-state index is 0.0708. The molecule has 2 bridgehead atoms. The zero-order valence-electron chi connectivity index (χ0n) is 10.9. The number of nitro groups is 1. The smallest absolute Gasteiger partial charge is 0.258 e. The molecule has 20 heavy (non-hydrogen) atoms. The molecule has 0 spiro atoms. The van der Waals surface area contributed by atoms with Gasteiger partial charge in [0, 0.05) is 12.1 Å². The Morgan fingerprint density at radius 3 is 2.55 bits per heavy atom. The van der Waals surface area contributed by atoms with Gasteiger partial charge in [0.2, 0.25) is 10.0 Å². The van der Waals surface area contributed by atoms with Crippen molar-refractivity contribution in [3.63, 3.8) is 0 Å². The second-order valence-corrected chi connectivity index (χ2v) is 7.31. The van der Waals surface area contributed by atoms with E-state index in [1.807, 2.05) is 0 Å². The maximum absolute atomic E-state index is 12.4. The Kier molecular flexibility index (Phi) is 3.25. The molecular weight excluding hydrogens is 280 g/mol. The van der Waals surface area contributed by atoms with E-state index >= 15 is 0 Å².